The average Bonchev–Trinajstić information content (AvgIpc) is 3.27. The van der Waals surface area contributed by atoms with Gasteiger partial charge in [0.1, 0.15) is 0 Å². The molecule has 0 fully saturated rings. The zero-order chi connectivity index (χ0) is 36.6. The Bertz CT molecular complexity index is 1740. The molecule has 0 aliphatic carbocycles. The van der Waals surface area contributed by atoms with Crippen molar-refractivity contribution in [3.63, 3.8) is 0 Å². The average molecular weight is 827 g/mol. The van der Waals surface area contributed by atoms with E-state index in [1.807, 2.05) is 0 Å². The minimum atomic E-state index is -0.784. The number of nitrogens with zero attached hydrogens (tertiary/aromatic N) is 2. The van der Waals surface area contributed by atoms with Crippen LogP contribution in [0.4, 0.5) is 0 Å². The van der Waals surface area contributed by atoms with E-state index >= 15 is 0 Å². The van der Waals surface area contributed by atoms with E-state index in [-0.39, 0.29) is 16.5 Å². The van der Waals surface area contributed by atoms with E-state index in [1.165, 1.54) is 42.4 Å². The summed E-state index contributed by atoms with van der Waals surface area (Å²) in [5, 5.41) is 10.3. The fourth-order valence-electron chi connectivity index (χ4n) is 5.74. The van der Waals surface area contributed by atoms with Gasteiger partial charge in [-0.3, -0.25) is 0 Å². The molecule has 0 unspecified atom stereocenters. The summed E-state index contributed by atoms with van der Waals surface area (Å²) in [7, 11) is -3.13. The first kappa shape index (κ1) is 40.6. The maximum Gasteiger partial charge on any atom is 2.00 e. The standard InChI is InChI=1S/2C24H20NP2.Ni/c2*1-5-13-21(14-6-1)26(22-15-7-2-8-16-22)25-27(23-17-9-3-10-18-23)24-19-11-4-12-20-24;/h2*1-20H;/q2*-1;+2. The van der Waals surface area contributed by atoms with E-state index in [4.69, 9.17) is 9.72 Å². The summed E-state index contributed by atoms with van der Waals surface area (Å²) < 4.78 is 0. The molecule has 0 saturated heterocycles. The summed E-state index contributed by atoms with van der Waals surface area (Å²) in [6.07, 6.45) is 0. The molecular formula is C48H40N2NiP4. The van der Waals surface area contributed by atoms with Gasteiger partial charge in [0.2, 0.25) is 0 Å². The van der Waals surface area contributed by atoms with Crippen LogP contribution in [0.1, 0.15) is 0 Å². The van der Waals surface area contributed by atoms with E-state index < -0.39 is 32.3 Å². The molecule has 0 aromatic heterocycles. The molecule has 0 saturated carbocycles. The van der Waals surface area contributed by atoms with Gasteiger partial charge in [0.15, 0.2) is 0 Å². The van der Waals surface area contributed by atoms with Crippen molar-refractivity contribution >= 4 is 74.7 Å². The van der Waals surface area contributed by atoms with Gasteiger partial charge < -0.3 is 9.72 Å². The molecule has 0 amide bonds. The van der Waals surface area contributed by atoms with Gasteiger partial charge >= 0.3 is 16.5 Å². The van der Waals surface area contributed by atoms with Crippen molar-refractivity contribution in [2.24, 2.45) is 0 Å². The van der Waals surface area contributed by atoms with Crippen molar-refractivity contribution in [1.82, 2.24) is 0 Å². The molecule has 55 heavy (non-hydrogen) atoms. The summed E-state index contributed by atoms with van der Waals surface area (Å²) in [6, 6.07) is 85.5. The van der Waals surface area contributed by atoms with E-state index in [9.17, 15) is 0 Å². The number of hydrogen-bond donors (Lipinski definition) is 0. The first-order valence-corrected chi connectivity index (χ1v) is 23.1. The molecule has 8 aromatic rings. The Morgan fingerprint density at radius 2 is 0.291 bits per heavy atom. The van der Waals surface area contributed by atoms with Crippen LogP contribution in [-0.2, 0) is 16.5 Å². The minimum absolute atomic E-state index is 0. The van der Waals surface area contributed by atoms with Gasteiger partial charge in [0, 0.05) is 0 Å². The monoisotopic (exact) mass is 826 g/mol. The first-order chi connectivity index (χ1) is 26.8. The van der Waals surface area contributed by atoms with E-state index in [0.717, 1.165) is 0 Å². The Hall–Kier alpha value is -4.11. The van der Waals surface area contributed by atoms with Gasteiger partial charge in [-0.25, -0.2) is 0 Å². The molecule has 0 aliphatic heterocycles. The zero-order valence-electron chi connectivity index (χ0n) is 30.1. The van der Waals surface area contributed by atoms with Crippen molar-refractivity contribution in [2.75, 3.05) is 0 Å². The molecule has 0 heterocycles. The van der Waals surface area contributed by atoms with Crippen LogP contribution < -0.4 is 42.4 Å². The second kappa shape index (κ2) is 21.8. The van der Waals surface area contributed by atoms with Gasteiger partial charge in [0.25, 0.3) is 0 Å². The Labute approximate surface area is 341 Å². The van der Waals surface area contributed by atoms with Crippen molar-refractivity contribution < 1.29 is 16.5 Å². The molecule has 0 spiro atoms. The minimum Gasteiger partial charge on any atom is -0.595 e. The van der Waals surface area contributed by atoms with Crippen molar-refractivity contribution in [2.45, 2.75) is 0 Å². The van der Waals surface area contributed by atoms with Crippen LogP contribution in [0, 0.1) is 0 Å². The van der Waals surface area contributed by atoms with Crippen molar-refractivity contribution in [3.8, 4) is 0 Å². The number of rotatable bonds is 12. The quantitative estimate of drug-likeness (QED) is 0.0867. The third-order valence-corrected chi connectivity index (χ3v) is 17.5. The fraction of sp³-hybridized carbons (Fsp3) is 0. The SMILES string of the molecule is [Ni+2].c1ccc(P([N-]P(c2ccccc2)c2ccccc2)c2ccccc2)cc1.c1ccc(P([N-]P(c2ccccc2)c2ccccc2)c2ccccc2)cc1. The van der Waals surface area contributed by atoms with Gasteiger partial charge in [-0.2, -0.15) is 32.3 Å². The van der Waals surface area contributed by atoms with Gasteiger partial charge in [-0.1, -0.05) is 243 Å². The van der Waals surface area contributed by atoms with E-state index in [1.54, 1.807) is 0 Å². The molecule has 0 radical (unpaired) electrons. The van der Waals surface area contributed by atoms with E-state index in [0.29, 0.717) is 0 Å². The number of hydrogen-bond acceptors (Lipinski definition) is 0. The molecule has 8 aromatic carbocycles. The van der Waals surface area contributed by atoms with Crippen LogP contribution in [0.2, 0.25) is 0 Å². The Kier molecular flexibility index (Phi) is 16.1. The molecule has 2 nitrogen and oxygen atoms in total. The summed E-state index contributed by atoms with van der Waals surface area (Å²) in [4.78, 5) is 11.0. The third kappa shape index (κ3) is 11.5. The van der Waals surface area contributed by atoms with Crippen LogP contribution in [0.5, 0.6) is 0 Å². The smallest absolute Gasteiger partial charge is 0.595 e. The summed E-state index contributed by atoms with van der Waals surface area (Å²) in [5.41, 5.74) is 0. The fourth-order valence-corrected chi connectivity index (χ4v) is 15.3. The van der Waals surface area contributed by atoms with Crippen molar-refractivity contribution in [1.29, 1.82) is 0 Å². The molecule has 7 heteroatoms. The molecule has 0 atom stereocenters. The second-order valence-electron chi connectivity index (χ2n) is 12.1. The molecule has 272 valence electrons. The van der Waals surface area contributed by atoms with Crippen molar-refractivity contribution in [3.05, 3.63) is 252 Å². The molecule has 8 rings (SSSR count). The maximum absolute atomic E-state index is 5.49. The first-order valence-electron chi connectivity index (χ1n) is 17.9. The molecular weight excluding hydrogens is 787 g/mol. The molecule has 0 bridgehead atoms. The Balaban J connectivity index is 0.000000184. The molecule has 0 aliphatic rings. The van der Waals surface area contributed by atoms with Crippen LogP contribution in [0.15, 0.2) is 243 Å². The van der Waals surface area contributed by atoms with Gasteiger partial charge in [-0.15, -0.1) is 0 Å². The third-order valence-electron chi connectivity index (χ3n) is 8.36. The van der Waals surface area contributed by atoms with Gasteiger partial charge in [0.05, 0.1) is 0 Å². The number of benzene rings is 8. The van der Waals surface area contributed by atoms with Crippen LogP contribution >= 0.6 is 32.3 Å². The zero-order valence-corrected chi connectivity index (χ0v) is 34.7. The summed E-state index contributed by atoms with van der Waals surface area (Å²) >= 11 is 0. The Morgan fingerprint density at radius 1 is 0.182 bits per heavy atom. The Morgan fingerprint density at radius 3 is 0.400 bits per heavy atom. The largest absolute Gasteiger partial charge is 2.00 e. The maximum atomic E-state index is 5.49. The topological polar surface area (TPSA) is 28.2 Å². The van der Waals surface area contributed by atoms with Crippen LogP contribution in [-0.4, -0.2) is 0 Å². The predicted molar refractivity (Wildman–Crippen MR) is 243 cm³/mol. The van der Waals surface area contributed by atoms with Gasteiger partial charge in [-0.05, 0) is 42.4 Å². The molecule has 0 N–H and O–H groups in total. The summed E-state index contributed by atoms with van der Waals surface area (Å²) in [5.74, 6) is 0. The predicted octanol–water partition coefficient (Wildman–Crippen LogP) is 10.9. The summed E-state index contributed by atoms with van der Waals surface area (Å²) in [6.45, 7) is 0. The normalized spacial score (nSPS) is 10.8. The van der Waals surface area contributed by atoms with Crippen LogP contribution in [0.3, 0.4) is 0 Å². The van der Waals surface area contributed by atoms with E-state index in [2.05, 4.69) is 243 Å². The van der Waals surface area contributed by atoms with Crippen LogP contribution in [0.25, 0.3) is 9.72 Å². The second-order valence-corrected chi connectivity index (χ2v) is 20.2.